The Morgan fingerprint density at radius 1 is 1.29 bits per heavy atom. The monoisotopic (exact) mass is 247 g/mol. The Kier molecular flexibility index (Phi) is 3.82. The number of thiophene rings is 1. The fraction of sp³-hybridized carbons (Fsp3) is 0.286. The minimum absolute atomic E-state index is 0.0394. The summed E-state index contributed by atoms with van der Waals surface area (Å²) in [7, 11) is 1.69. The van der Waals surface area contributed by atoms with Crippen molar-refractivity contribution in [2.24, 2.45) is 5.73 Å². The van der Waals surface area contributed by atoms with Crippen molar-refractivity contribution in [1.29, 1.82) is 0 Å². The molecule has 3 heteroatoms. The molecule has 1 aromatic carbocycles. The number of aryl methyl sites for hydroxylation is 1. The van der Waals surface area contributed by atoms with Crippen molar-refractivity contribution in [2.45, 2.75) is 19.4 Å². The van der Waals surface area contributed by atoms with Crippen LogP contribution in [0.2, 0.25) is 0 Å². The van der Waals surface area contributed by atoms with E-state index < -0.39 is 0 Å². The molecule has 2 nitrogen and oxygen atoms in total. The van der Waals surface area contributed by atoms with Gasteiger partial charge < -0.3 is 10.5 Å². The van der Waals surface area contributed by atoms with Gasteiger partial charge in [0.2, 0.25) is 0 Å². The first-order valence-electron chi connectivity index (χ1n) is 5.64. The van der Waals surface area contributed by atoms with Gasteiger partial charge in [-0.1, -0.05) is 18.2 Å². The normalized spacial score (nSPS) is 12.4. The third-order valence-electron chi connectivity index (χ3n) is 2.93. The van der Waals surface area contributed by atoms with Crippen LogP contribution in [-0.4, -0.2) is 7.11 Å². The van der Waals surface area contributed by atoms with Crippen molar-refractivity contribution >= 4 is 11.3 Å². The van der Waals surface area contributed by atoms with Crippen molar-refractivity contribution in [2.75, 3.05) is 7.11 Å². The molecule has 0 spiro atoms. The molecule has 0 amide bonds. The van der Waals surface area contributed by atoms with Gasteiger partial charge in [-0.05, 0) is 42.0 Å². The highest BCUT2D eigenvalue weighted by Crippen LogP contribution is 2.27. The molecule has 1 atom stereocenters. The Hall–Kier alpha value is -1.32. The molecular formula is C14H17NOS. The van der Waals surface area contributed by atoms with Gasteiger partial charge in [-0.15, -0.1) is 11.3 Å². The second-order valence-corrected chi connectivity index (χ2v) is 5.17. The predicted octanol–water partition coefficient (Wildman–Crippen LogP) is 3.31. The van der Waals surface area contributed by atoms with Crippen molar-refractivity contribution < 1.29 is 4.74 Å². The van der Waals surface area contributed by atoms with Gasteiger partial charge >= 0.3 is 0 Å². The zero-order valence-corrected chi connectivity index (χ0v) is 11.0. The van der Waals surface area contributed by atoms with E-state index in [0.717, 1.165) is 17.7 Å². The lowest BCUT2D eigenvalue weighted by atomic mass is 10.00. The summed E-state index contributed by atoms with van der Waals surface area (Å²) in [5.74, 6) is 0.913. The first-order chi connectivity index (χ1) is 8.22. The SMILES string of the molecule is COc1ccccc1CC(N)c1ccsc1C. The van der Waals surface area contributed by atoms with Crippen molar-refractivity contribution in [1.82, 2.24) is 0 Å². The fourth-order valence-corrected chi connectivity index (χ4v) is 2.77. The van der Waals surface area contributed by atoms with E-state index in [-0.39, 0.29) is 6.04 Å². The zero-order chi connectivity index (χ0) is 12.3. The molecule has 17 heavy (non-hydrogen) atoms. The average molecular weight is 247 g/mol. The molecule has 2 aromatic rings. The highest BCUT2D eigenvalue weighted by atomic mass is 32.1. The van der Waals surface area contributed by atoms with Gasteiger partial charge in [0.15, 0.2) is 0 Å². The Labute approximate surface area is 106 Å². The Balaban J connectivity index is 2.18. The number of methoxy groups -OCH3 is 1. The molecule has 0 bridgehead atoms. The molecule has 90 valence electrons. The Morgan fingerprint density at radius 3 is 2.71 bits per heavy atom. The smallest absolute Gasteiger partial charge is 0.122 e. The lowest BCUT2D eigenvalue weighted by molar-refractivity contribution is 0.408. The maximum Gasteiger partial charge on any atom is 0.122 e. The van der Waals surface area contributed by atoms with E-state index in [1.165, 1.54) is 10.4 Å². The van der Waals surface area contributed by atoms with Crippen LogP contribution in [0, 0.1) is 6.92 Å². The van der Waals surface area contributed by atoms with Crippen molar-refractivity contribution in [3.8, 4) is 5.75 Å². The zero-order valence-electron chi connectivity index (χ0n) is 10.1. The lowest BCUT2D eigenvalue weighted by Gasteiger charge is -2.14. The number of para-hydroxylation sites is 1. The van der Waals surface area contributed by atoms with E-state index in [1.807, 2.05) is 18.2 Å². The van der Waals surface area contributed by atoms with Crippen LogP contribution in [0.25, 0.3) is 0 Å². The number of ether oxygens (including phenoxy) is 1. The van der Waals surface area contributed by atoms with Gasteiger partial charge in [-0.25, -0.2) is 0 Å². The molecule has 0 aliphatic rings. The molecule has 0 radical (unpaired) electrons. The summed E-state index contributed by atoms with van der Waals surface area (Å²) in [6, 6.07) is 10.2. The largest absolute Gasteiger partial charge is 0.496 e. The summed E-state index contributed by atoms with van der Waals surface area (Å²) >= 11 is 1.74. The third kappa shape index (κ3) is 2.68. The molecule has 0 aliphatic heterocycles. The van der Waals surface area contributed by atoms with Gasteiger partial charge in [0.05, 0.1) is 7.11 Å². The van der Waals surface area contributed by atoms with Gasteiger partial charge in [0.25, 0.3) is 0 Å². The minimum atomic E-state index is 0.0394. The molecule has 0 saturated heterocycles. The summed E-state index contributed by atoms with van der Waals surface area (Å²) in [5.41, 5.74) is 8.64. The summed E-state index contributed by atoms with van der Waals surface area (Å²) in [5, 5.41) is 2.09. The quantitative estimate of drug-likeness (QED) is 0.899. The van der Waals surface area contributed by atoms with E-state index in [1.54, 1.807) is 18.4 Å². The maximum absolute atomic E-state index is 6.25. The third-order valence-corrected chi connectivity index (χ3v) is 3.79. The Bertz CT molecular complexity index is 492. The highest BCUT2D eigenvalue weighted by Gasteiger charge is 2.12. The molecule has 1 aromatic heterocycles. The van der Waals surface area contributed by atoms with Crippen LogP contribution in [0.3, 0.4) is 0 Å². The van der Waals surface area contributed by atoms with E-state index in [0.29, 0.717) is 0 Å². The van der Waals surface area contributed by atoms with E-state index in [4.69, 9.17) is 10.5 Å². The first kappa shape index (κ1) is 12.1. The van der Waals surface area contributed by atoms with E-state index in [2.05, 4.69) is 24.4 Å². The van der Waals surface area contributed by atoms with Crippen molar-refractivity contribution in [3.63, 3.8) is 0 Å². The average Bonchev–Trinajstić information content (AvgIpc) is 2.76. The highest BCUT2D eigenvalue weighted by molar-refractivity contribution is 7.10. The molecule has 1 heterocycles. The summed E-state index contributed by atoms with van der Waals surface area (Å²) in [6.07, 6.45) is 0.807. The second kappa shape index (κ2) is 5.34. The number of benzene rings is 1. The topological polar surface area (TPSA) is 35.2 Å². The van der Waals surface area contributed by atoms with Crippen LogP contribution >= 0.6 is 11.3 Å². The van der Waals surface area contributed by atoms with Crippen LogP contribution in [0.1, 0.15) is 22.0 Å². The van der Waals surface area contributed by atoms with Gasteiger partial charge in [0, 0.05) is 10.9 Å². The standard InChI is InChI=1S/C14H17NOS/c1-10-12(7-8-17-10)13(15)9-11-5-3-4-6-14(11)16-2/h3-8,13H,9,15H2,1-2H3. The molecule has 0 aliphatic carbocycles. The summed E-state index contributed by atoms with van der Waals surface area (Å²) in [6.45, 7) is 2.11. The first-order valence-corrected chi connectivity index (χ1v) is 6.52. The van der Waals surface area contributed by atoms with E-state index in [9.17, 15) is 0 Å². The van der Waals surface area contributed by atoms with Crippen LogP contribution in [-0.2, 0) is 6.42 Å². The van der Waals surface area contributed by atoms with Crippen molar-refractivity contribution in [3.05, 3.63) is 51.7 Å². The second-order valence-electron chi connectivity index (χ2n) is 4.05. The predicted molar refractivity (Wildman–Crippen MR) is 72.7 cm³/mol. The fourth-order valence-electron chi connectivity index (χ4n) is 2.00. The number of nitrogens with two attached hydrogens (primary N) is 1. The van der Waals surface area contributed by atoms with Gasteiger partial charge in [0.1, 0.15) is 5.75 Å². The molecule has 0 saturated carbocycles. The Morgan fingerprint density at radius 2 is 2.06 bits per heavy atom. The molecule has 1 unspecified atom stereocenters. The number of hydrogen-bond donors (Lipinski definition) is 1. The van der Waals surface area contributed by atoms with E-state index >= 15 is 0 Å². The molecule has 0 fully saturated rings. The molecular weight excluding hydrogens is 230 g/mol. The van der Waals surface area contributed by atoms with Crippen LogP contribution in [0.15, 0.2) is 35.7 Å². The number of hydrogen-bond acceptors (Lipinski definition) is 3. The van der Waals surface area contributed by atoms with Gasteiger partial charge in [-0.2, -0.15) is 0 Å². The van der Waals surface area contributed by atoms with Gasteiger partial charge in [-0.3, -0.25) is 0 Å². The molecule has 2 N–H and O–H groups in total. The van der Waals surface area contributed by atoms with Crippen LogP contribution in [0.4, 0.5) is 0 Å². The summed E-state index contributed by atoms with van der Waals surface area (Å²) < 4.78 is 5.34. The maximum atomic E-state index is 6.25. The van der Waals surface area contributed by atoms with Crippen LogP contribution in [0.5, 0.6) is 5.75 Å². The summed E-state index contributed by atoms with van der Waals surface area (Å²) in [4.78, 5) is 1.30. The molecule has 2 rings (SSSR count). The van der Waals surface area contributed by atoms with Crippen LogP contribution < -0.4 is 10.5 Å². The number of rotatable bonds is 4. The lowest BCUT2D eigenvalue weighted by Crippen LogP contribution is -2.14. The minimum Gasteiger partial charge on any atom is -0.496 e.